The molecule has 1 aromatic carbocycles. The molecule has 1 aliphatic heterocycles. The molecule has 0 atom stereocenters. The Labute approximate surface area is 131 Å². The molecule has 0 radical (unpaired) electrons. The van der Waals surface area contributed by atoms with Crippen LogP contribution in [0.4, 0.5) is 4.79 Å². The maximum atomic E-state index is 11.9. The van der Waals surface area contributed by atoms with Gasteiger partial charge in [-0.05, 0) is 19.0 Å². The Bertz CT molecular complexity index is 421. The topological polar surface area (TPSA) is 35.6 Å². The number of likely N-dealkylation sites (N-methyl/N-ethyl adjacent to an activating group) is 1. The maximum absolute atomic E-state index is 11.9. The van der Waals surface area contributed by atoms with Gasteiger partial charge in [-0.15, -0.1) is 0 Å². The highest BCUT2D eigenvalue weighted by Gasteiger charge is 2.15. The van der Waals surface area contributed by atoms with Gasteiger partial charge in [-0.3, -0.25) is 0 Å². The second-order valence-corrected chi connectivity index (χ2v) is 6.59. The molecule has 21 heavy (non-hydrogen) atoms. The van der Waals surface area contributed by atoms with E-state index < -0.39 is 0 Å². The minimum atomic E-state index is 0.0896. The van der Waals surface area contributed by atoms with Crippen molar-refractivity contribution < 1.29 is 4.79 Å². The van der Waals surface area contributed by atoms with E-state index in [1.807, 2.05) is 22.7 Å². The summed E-state index contributed by atoms with van der Waals surface area (Å²) in [4.78, 5) is 16.1. The second kappa shape index (κ2) is 8.95. The fourth-order valence-corrected chi connectivity index (χ4v) is 3.21. The molecule has 0 aliphatic carbocycles. The van der Waals surface area contributed by atoms with E-state index in [2.05, 4.69) is 41.5 Å². The van der Waals surface area contributed by atoms with E-state index in [9.17, 15) is 4.79 Å². The van der Waals surface area contributed by atoms with Crippen LogP contribution in [0, 0.1) is 0 Å². The van der Waals surface area contributed by atoms with Crippen LogP contribution in [0.2, 0.25) is 0 Å². The van der Waals surface area contributed by atoms with Gasteiger partial charge >= 0.3 is 6.03 Å². The molecule has 0 bridgehead atoms. The van der Waals surface area contributed by atoms with Gasteiger partial charge in [-0.1, -0.05) is 30.3 Å². The molecule has 1 N–H and O–H groups in total. The number of hydrogen-bond acceptors (Lipinski definition) is 3. The van der Waals surface area contributed by atoms with Crippen LogP contribution in [-0.2, 0) is 6.42 Å². The number of amides is 2. The number of nitrogens with zero attached hydrogens (tertiary/aromatic N) is 2. The van der Waals surface area contributed by atoms with Crippen LogP contribution in [0.1, 0.15) is 5.56 Å². The van der Waals surface area contributed by atoms with Crippen LogP contribution >= 0.6 is 11.8 Å². The van der Waals surface area contributed by atoms with Crippen molar-refractivity contribution in [2.24, 2.45) is 0 Å². The van der Waals surface area contributed by atoms with E-state index in [0.29, 0.717) is 6.54 Å². The van der Waals surface area contributed by atoms with Gasteiger partial charge in [0.1, 0.15) is 0 Å². The molecular weight excluding hydrogens is 282 g/mol. The van der Waals surface area contributed by atoms with Crippen LogP contribution in [0.25, 0.3) is 0 Å². The number of thioether (sulfide) groups is 1. The molecule has 1 aliphatic rings. The van der Waals surface area contributed by atoms with Crippen LogP contribution in [0.15, 0.2) is 30.3 Å². The molecular formula is C16H25N3OS. The molecule has 0 unspecified atom stereocenters. The molecule has 0 aromatic heterocycles. The first-order valence-corrected chi connectivity index (χ1v) is 8.74. The first-order valence-electron chi connectivity index (χ1n) is 7.58. The highest BCUT2D eigenvalue weighted by atomic mass is 32.2. The molecule has 0 spiro atoms. The molecule has 116 valence electrons. The number of benzene rings is 1. The predicted molar refractivity (Wildman–Crippen MR) is 89.9 cm³/mol. The van der Waals surface area contributed by atoms with E-state index in [1.54, 1.807) is 0 Å². The normalized spacial score (nSPS) is 15.2. The summed E-state index contributed by atoms with van der Waals surface area (Å²) in [6.07, 6.45) is 1.05. The summed E-state index contributed by atoms with van der Waals surface area (Å²) in [6.45, 7) is 4.37. The first-order chi connectivity index (χ1) is 10.3. The van der Waals surface area contributed by atoms with Gasteiger partial charge in [0, 0.05) is 44.2 Å². The number of nitrogens with one attached hydrogen (secondary N) is 1. The van der Waals surface area contributed by atoms with Crippen molar-refractivity contribution in [3.05, 3.63) is 35.9 Å². The average molecular weight is 307 g/mol. The van der Waals surface area contributed by atoms with E-state index in [0.717, 1.165) is 44.1 Å². The van der Waals surface area contributed by atoms with Crippen molar-refractivity contribution in [3.63, 3.8) is 0 Å². The maximum Gasteiger partial charge on any atom is 0.317 e. The third-order valence-electron chi connectivity index (χ3n) is 3.69. The zero-order valence-corrected chi connectivity index (χ0v) is 13.6. The summed E-state index contributed by atoms with van der Waals surface area (Å²) in [5.41, 5.74) is 1.36. The SMILES string of the molecule is CN(CCNC(=O)N1CCSCC1)CCc1ccccc1. The van der Waals surface area contributed by atoms with Crippen LogP contribution in [-0.4, -0.2) is 67.1 Å². The summed E-state index contributed by atoms with van der Waals surface area (Å²) in [6, 6.07) is 10.6. The zero-order chi connectivity index (χ0) is 14.9. The van der Waals surface area contributed by atoms with Gasteiger partial charge in [-0.25, -0.2) is 4.79 Å². The van der Waals surface area contributed by atoms with Crippen molar-refractivity contribution in [2.75, 3.05) is 51.3 Å². The van der Waals surface area contributed by atoms with Gasteiger partial charge in [0.2, 0.25) is 0 Å². The van der Waals surface area contributed by atoms with Gasteiger partial charge in [0.05, 0.1) is 0 Å². The lowest BCUT2D eigenvalue weighted by Crippen LogP contribution is -2.46. The van der Waals surface area contributed by atoms with Crippen molar-refractivity contribution in [2.45, 2.75) is 6.42 Å². The number of carbonyl (C=O) groups is 1. The Morgan fingerprint density at radius 3 is 2.67 bits per heavy atom. The summed E-state index contributed by atoms with van der Waals surface area (Å²) >= 11 is 1.92. The van der Waals surface area contributed by atoms with Crippen molar-refractivity contribution in [1.82, 2.24) is 15.1 Å². The van der Waals surface area contributed by atoms with Gasteiger partial charge in [0.25, 0.3) is 0 Å². The lowest BCUT2D eigenvalue weighted by atomic mass is 10.1. The molecule has 1 heterocycles. The summed E-state index contributed by atoms with van der Waals surface area (Å²) in [5, 5.41) is 3.02. The molecule has 2 rings (SSSR count). The van der Waals surface area contributed by atoms with Crippen LogP contribution < -0.4 is 5.32 Å². The Morgan fingerprint density at radius 1 is 1.24 bits per heavy atom. The lowest BCUT2D eigenvalue weighted by Gasteiger charge is -2.27. The molecule has 1 fully saturated rings. The van der Waals surface area contributed by atoms with Crippen molar-refractivity contribution in [3.8, 4) is 0 Å². The van der Waals surface area contributed by atoms with Gasteiger partial charge < -0.3 is 15.1 Å². The Kier molecular flexibility index (Phi) is 6.89. The molecule has 0 saturated carbocycles. The first kappa shape index (κ1) is 16.2. The second-order valence-electron chi connectivity index (χ2n) is 5.37. The average Bonchev–Trinajstić information content (AvgIpc) is 2.54. The summed E-state index contributed by atoms with van der Waals surface area (Å²) < 4.78 is 0. The largest absolute Gasteiger partial charge is 0.337 e. The fraction of sp³-hybridized carbons (Fsp3) is 0.562. The van der Waals surface area contributed by atoms with E-state index in [-0.39, 0.29) is 6.03 Å². The van der Waals surface area contributed by atoms with Crippen LogP contribution in [0.3, 0.4) is 0 Å². The predicted octanol–water partition coefficient (Wildman–Crippen LogP) is 1.92. The molecule has 5 heteroatoms. The zero-order valence-electron chi connectivity index (χ0n) is 12.8. The Hall–Kier alpha value is -1.20. The van der Waals surface area contributed by atoms with E-state index in [1.165, 1.54) is 5.56 Å². The highest BCUT2D eigenvalue weighted by molar-refractivity contribution is 7.99. The summed E-state index contributed by atoms with van der Waals surface area (Å²) in [7, 11) is 2.10. The number of urea groups is 1. The van der Waals surface area contributed by atoms with E-state index >= 15 is 0 Å². The smallest absolute Gasteiger partial charge is 0.317 e. The number of rotatable bonds is 6. The number of hydrogen-bond donors (Lipinski definition) is 1. The molecule has 4 nitrogen and oxygen atoms in total. The third-order valence-corrected chi connectivity index (χ3v) is 4.64. The minimum absolute atomic E-state index is 0.0896. The Morgan fingerprint density at radius 2 is 1.95 bits per heavy atom. The summed E-state index contributed by atoms with van der Waals surface area (Å²) in [5.74, 6) is 2.12. The lowest BCUT2D eigenvalue weighted by molar-refractivity contribution is 0.201. The van der Waals surface area contributed by atoms with Gasteiger partial charge in [0.15, 0.2) is 0 Å². The highest BCUT2D eigenvalue weighted by Crippen LogP contribution is 2.08. The minimum Gasteiger partial charge on any atom is -0.337 e. The Balaban J connectivity index is 1.58. The monoisotopic (exact) mass is 307 g/mol. The fourth-order valence-electron chi connectivity index (χ4n) is 2.31. The van der Waals surface area contributed by atoms with Crippen molar-refractivity contribution in [1.29, 1.82) is 0 Å². The van der Waals surface area contributed by atoms with Crippen molar-refractivity contribution >= 4 is 17.8 Å². The van der Waals surface area contributed by atoms with E-state index in [4.69, 9.17) is 0 Å². The number of carbonyl (C=O) groups excluding carboxylic acids is 1. The molecule has 1 saturated heterocycles. The molecule has 1 aromatic rings. The standard InChI is InChI=1S/C16H25N3OS/c1-18(9-7-15-5-3-2-4-6-15)10-8-17-16(20)19-11-13-21-14-12-19/h2-6H,7-14H2,1H3,(H,17,20). The quantitative estimate of drug-likeness (QED) is 0.872. The third kappa shape index (κ3) is 5.98. The van der Waals surface area contributed by atoms with Gasteiger partial charge in [-0.2, -0.15) is 11.8 Å². The van der Waals surface area contributed by atoms with Crippen LogP contribution in [0.5, 0.6) is 0 Å². The molecule has 2 amide bonds.